The van der Waals surface area contributed by atoms with E-state index in [0.717, 1.165) is 0 Å². The van der Waals surface area contributed by atoms with Crippen molar-refractivity contribution in [2.45, 2.75) is 25.7 Å². The predicted molar refractivity (Wildman–Crippen MR) is 119 cm³/mol. The first-order valence-corrected chi connectivity index (χ1v) is 11.4. The fourth-order valence-electron chi connectivity index (χ4n) is 3.50. The van der Waals surface area contributed by atoms with Crippen molar-refractivity contribution >= 4 is 21.6 Å². The van der Waals surface area contributed by atoms with Crippen LogP contribution in [0.3, 0.4) is 0 Å². The summed E-state index contributed by atoms with van der Waals surface area (Å²) in [5, 5.41) is 2.67. The van der Waals surface area contributed by atoms with Gasteiger partial charge >= 0.3 is 0 Å². The van der Waals surface area contributed by atoms with Gasteiger partial charge in [-0.25, -0.2) is 13.1 Å². The average molecular weight is 446 g/mol. The first-order chi connectivity index (χ1) is 14.6. The largest absolute Gasteiger partial charge is 0.345 e. The summed E-state index contributed by atoms with van der Waals surface area (Å²) in [7, 11) is -0.375. The second kappa shape index (κ2) is 8.56. The molecule has 0 aliphatic heterocycles. The number of amides is 1. The number of nitrogens with one attached hydrogen (secondary N) is 1. The molecular formula is C21H27N5O4S. The van der Waals surface area contributed by atoms with E-state index in [4.69, 9.17) is 0 Å². The van der Waals surface area contributed by atoms with Crippen LogP contribution in [-0.4, -0.2) is 45.7 Å². The summed E-state index contributed by atoms with van der Waals surface area (Å²) >= 11 is 0. The van der Waals surface area contributed by atoms with Crippen LogP contribution in [0.5, 0.6) is 0 Å². The molecule has 166 valence electrons. The van der Waals surface area contributed by atoms with Crippen molar-refractivity contribution in [3.63, 3.8) is 0 Å². The molecule has 1 N–H and O–H groups in total. The SMILES string of the molecule is CCN(CC)S(=O)(=O)c1cc(C(=O)Nc2c(C)n(C)n(-c3ccccc3)c2=O)n(C)c1. The molecule has 0 unspecified atom stereocenters. The Kier molecular flexibility index (Phi) is 6.23. The van der Waals surface area contributed by atoms with E-state index in [-0.39, 0.29) is 21.8 Å². The normalized spacial score (nSPS) is 11.8. The summed E-state index contributed by atoms with van der Waals surface area (Å²) < 4.78 is 31.4. The molecule has 3 aromatic rings. The Bertz CT molecular complexity index is 1270. The number of sulfonamides is 1. The van der Waals surface area contributed by atoms with Crippen LogP contribution in [0.1, 0.15) is 30.0 Å². The lowest BCUT2D eigenvalue weighted by Crippen LogP contribution is -2.30. The van der Waals surface area contributed by atoms with Crippen molar-refractivity contribution < 1.29 is 13.2 Å². The zero-order valence-electron chi connectivity index (χ0n) is 18.3. The number of nitrogens with zero attached hydrogens (tertiary/aromatic N) is 4. The molecule has 0 spiro atoms. The first kappa shape index (κ1) is 22.6. The summed E-state index contributed by atoms with van der Waals surface area (Å²) in [5.74, 6) is -0.561. The number of hydrogen-bond donors (Lipinski definition) is 1. The third kappa shape index (κ3) is 3.96. The fraction of sp³-hybridized carbons (Fsp3) is 0.333. The van der Waals surface area contributed by atoms with Crippen LogP contribution < -0.4 is 10.9 Å². The fourth-order valence-corrected chi connectivity index (χ4v) is 5.03. The van der Waals surface area contributed by atoms with Gasteiger partial charge in [-0.05, 0) is 25.1 Å². The standard InChI is InChI=1S/C21H27N5O4S/c1-6-25(7-2)31(29,30)17-13-18(23(4)14-17)20(27)22-19-15(3)24(5)26(21(19)28)16-11-9-8-10-12-16/h8-14H,6-7H2,1-5H3,(H,22,27). The summed E-state index contributed by atoms with van der Waals surface area (Å²) in [6, 6.07) is 10.4. The van der Waals surface area contributed by atoms with E-state index in [1.54, 1.807) is 51.7 Å². The Morgan fingerprint density at radius 1 is 1.10 bits per heavy atom. The highest BCUT2D eigenvalue weighted by Crippen LogP contribution is 2.20. The molecule has 0 saturated carbocycles. The number of carbonyl (C=O) groups excluding carboxylic acids is 1. The minimum Gasteiger partial charge on any atom is -0.345 e. The molecular weight excluding hydrogens is 418 g/mol. The van der Waals surface area contributed by atoms with Crippen LogP contribution in [0.25, 0.3) is 5.69 Å². The lowest BCUT2D eigenvalue weighted by Gasteiger charge is -2.17. The van der Waals surface area contributed by atoms with Crippen LogP contribution >= 0.6 is 0 Å². The Balaban J connectivity index is 1.97. The third-order valence-electron chi connectivity index (χ3n) is 5.35. The number of benzene rings is 1. The average Bonchev–Trinajstić information content (AvgIpc) is 3.23. The highest BCUT2D eigenvalue weighted by molar-refractivity contribution is 7.89. The Labute approximate surface area is 181 Å². The lowest BCUT2D eigenvalue weighted by molar-refractivity contribution is 0.101. The molecule has 0 aliphatic carbocycles. The molecule has 31 heavy (non-hydrogen) atoms. The highest BCUT2D eigenvalue weighted by Gasteiger charge is 2.26. The molecule has 0 fully saturated rings. The summed E-state index contributed by atoms with van der Waals surface area (Å²) in [5.41, 5.74) is 1.16. The topological polar surface area (TPSA) is 98.3 Å². The molecule has 1 amide bonds. The quantitative estimate of drug-likeness (QED) is 0.602. The molecule has 0 bridgehead atoms. The number of anilines is 1. The molecule has 2 heterocycles. The highest BCUT2D eigenvalue weighted by atomic mass is 32.2. The molecule has 0 saturated heterocycles. The number of aromatic nitrogens is 3. The molecule has 0 aliphatic rings. The zero-order valence-corrected chi connectivity index (χ0v) is 19.1. The van der Waals surface area contributed by atoms with Crippen LogP contribution in [-0.2, 0) is 24.1 Å². The van der Waals surface area contributed by atoms with Crippen molar-refractivity contribution in [3.8, 4) is 5.69 Å². The Morgan fingerprint density at radius 2 is 1.71 bits per heavy atom. The van der Waals surface area contributed by atoms with Gasteiger partial charge in [-0.3, -0.25) is 14.3 Å². The summed E-state index contributed by atoms with van der Waals surface area (Å²) in [6.07, 6.45) is 1.41. The van der Waals surface area contributed by atoms with Gasteiger partial charge in [0, 0.05) is 33.4 Å². The first-order valence-electron chi connectivity index (χ1n) is 9.95. The number of aryl methyl sites for hydroxylation is 1. The molecule has 1 aromatic carbocycles. The second-order valence-corrected chi connectivity index (χ2v) is 9.09. The van der Waals surface area contributed by atoms with E-state index in [1.807, 2.05) is 18.2 Å². The molecule has 9 nitrogen and oxygen atoms in total. The van der Waals surface area contributed by atoms with Gasteiger partial charge in [-0.2, -0.15) is 4.31 Å². The van der Waals surface area contributed by atoms with Gasteiger partial charge in [-0.15, -0.1) is 0 Å². The van der Waals surface area contributed by atoms with E-state index < -0.39 is 15.9 Å². The van der Waals surface area contributed by atoms with E-state index in [2.05, 4.69) is 5.32 Å². The van der Waals surface area contributed by atoms with Crippen molar-refractivity contribution in [3.05, 3.63) is 64.3 Å². The molecule has 10 heteroatoms. The third-order valence-corrected chi connectivity index (χ3v) is 7.36. The maximum atomic E-state index is 13.0. The number of para-hydroxylation sites is 1. The van der Waals surface area contributed by atoms with E-state index in [1.165, 1.54) is 25.8 Å². The maximum absolute atomic E-state index is 13.0. The Morgan fingerprint density at radius 3 is 2.29 bits per heavy atom. The zero-order chi connectivity index (χ0) is 22.9. The van der Waals surface area contributed by atoms with Crippen molar-refractivity contribution in [2.75, 3.05) is 18.4 Å². The minimum absolute atomic E-state index is 0.0373. The van der Waals surface area contributed by atoms with Crippen molar-refractivity contribution in [2.24, 2.45) is 14.1 Å². The number of carbonyl (C=O) groups is 1. The molecule has 0 radical (unpaired) electrons. The summed E-state index contributed by atoms with van der Waals surface area (Å²) in [4.78, 5) is 26.0. The Hall–Kier alpha value is -3.11. The van der Waals surface area contributed by atoms with Crippen LogP contribution in [0, 0.1) is 6.92 Å². The van der Waals surface area contributed by atoms with Crippen LogP contribution in [0.2, 0.25) is 0 Å². The maximum Gasteiger partial charge on any atom is 0.295 e. The van der Waals surface area contributed by atoms with Crippen LogP contribution in [0.4, 0.5) is 5.69 Å². The minimum atomic E-state index is -3.70. The van der Waals surface area contributed by atoms with Gasteiger partial charge in [0.1, 0.15) is 16.3 Å². The van der Waals surface area contributed by atoms with Gasteiger partial charge in [0.05, 0.1) is 11.4 Å². The number of hydrogen-bond acceptors (Lipinski definition) is 4. The predicted octanol–water partition coefficient (Wildman–Crippen LogP) is 2.11. The molecule has 2 aromatic heterocycles. The molecule has 0 atom stereocenters. The lowest BCUT2D eigenvalue weighted by atomic mass is 10.3. The van der Waals surface area contributed by atoms with Crippen molar-refractivity contribution in [1.29, 1.82) is 0 Å². The van der Waals surface area contributed by atoms with E-state index >= 15 is 0 Å². The summed E-state index contributed by atoms with van der Waals surface area (Å²) in [6.45, 7) is 5.91. The van der Waals surface area contributed by atoms with Gasteiger partial charge in [0.2, 0.25) is 10.0 Å². The van der Waals surface area contributed by atoms with Gasteiger partial charge < -0.3 is 9.88 Å². The second-order valence-electron chi connectivity index (χ2n) is 7.15. The van der Waals surface area contributed by atoms with Crippen molar-refractivity contribution in [1.82, 2.24) is 18.2 Å². The number of rotatable bonds is 7. The van der Waals surface area contributed by atoms with Crippen LogP contribution in [0.15, 0.2) is 52.3 Å². The van der Waals surface area contributed by atoms with E-state index in [9.17, 15) is 18.0 Å². The molecule has 3 rings (SSSR count). The smallest absolute Gasteiger partial charge is 0.295 e. The van der Waals surface area contributed by atoms with Gasteiger partial charge in [0.15, 0.2) is 0 Å². The van der Waals surface area contributed by atoms with E-state index in [0.29, 0.717) is 24.5 Å². The monoisotopic (exact) mass is 445 g/mol. The van der Waals surface area contributed by atoms with Gasteiger partial charge in [0.25, 0.3) is 11.5 Å². The van der Waals surface area contributed by atoms with Gasteiger partial charge in [-0.1, -0.05) is 32.0 Å².